The van der Waals surface area contributed by atoms with Crippen molar-refractivity contribution in [1.82, 2.24) is 5.16 Å². The maximum atomic E-state index is 13.8. The van der Waals surface area contributed by atoms with Gasteiger partial charge in [0.05, 0.1) is 12.2 Å². The number of hydrogen-bond acceptors (Lipinski definition) is 4. The number of aromatic carboxylic acids is 1. The summed E-state index contributed by atoms with van der Waals surface area (Å²) in [6.45, 7) is 1.84. The zero-order valence-corrected chi connectivity index (χ0v) is 9.81. The highest BCUT2D eigenvalue weighted by Gasteiger charge is 2.20. The van der Waals surface area contributed by atoms with Gasteiger partial charge in [0.1, 0.15) is 0 Å². The zero-order valence-electron chi connectivity index (χ0n) is 9.81. The molecule has 2 rings (SSSR count). The molecule has 19 heavy (non-hydrogen) atoms. The minimum Gasteiger partial charge on any atom is -0.491 e. The van der Waals surface area contributed by atoms with Gasteiger partial charge in [0.2, 0.25) is 5.82 Å². The Morgan fingerprint density at radius 1 is 1.42 bits per heavy atom. The predicted octanol–water partition coefficient (Wildman–Crippen LogP) is 2.72. The van der Waals surface area contributed by atoms with Crippen LogP contribution in [0, 0.1) is 11.6 Å². The van der Waals surface area contributed by atoms with Crippen molar-refractivity contribution in [3.05, 3.63) is 35.5 Å². The number of nitrogens with zero attached hydrogens (tertiary/aromatic N) is 1. The van der Waals surface area contributed by atoms with Crippen molar-refractivity contribution < 1.29 is 27.9 Å². The molecule has 1 aromatic carbocycles. The van der Waals surface area contributed by atoms with Crippen LogP contribution in [-0.4, -0.2) is 22.8 Å². The number of rotatable bonds is 4. The molecule has 0 aliphatic rings. The molecule has 0 fully saturated rings. The molecule has 0 aliphatic carbocycles. The second-order valence-electron chi connectivity index (χ2n) is 3.55. The lowest BCUT2D eigenvalue weighted by Gasteiger charge is -2.06. The van der Waals surface area contributed by atoms with Gasteiger partial charge in [-0.15, -0.1) is 0 Å². The summed E-state index contributed by atoms with van der Waals surface area (Å²) >= 11 is 0. The lowest BCUT2D eigenvalue weighted by Crippen LogP contribution is -1.98. The normalized spacial score (nSPS) is 10.5. The van der Waals surface area contributed by atoms with E-state index in [0.29, 0.717) is 0 Å². The maximum Gasteiger partial charge on any atom is 0.358 e. The van der Waals surface area contributed by atoms with Crippen molar-refractivity contribution in [2.24, 2.45) is 0 Å². The van der Waals surface area contributed by atoms with E-state index in [1.54, 1.807) is 6.92 Å². The number of halogens is 2. The van der Waals surface area contributed by atoms with Crippen LogP contribution in [0.1, 0.15) is 17.4 Å². The number of hydrogen-bond donors (Lipinski definition) is 1. The molecule has 0 amide bonds. The Kier molecular flexibility index (Phi) is 3.46. The van der Waals surface area contributed by atoms with E-state index < -0.39 is 17.6 Å². The van der Waals surface area contributed by atoms with Crippen LogP contribution in [0.4, 0.5) is 8.78 Å². The van der Waals surface area contributed by atoms with Crippen LogP contribution in [0.3, 0.4) is 0 Å². The zero-order chi connectivity index (χ0) is 14.0. The minimum atomic E-state index is -1.32. The molecule has 0 saturated heterocycles. The molecule has 1 N–H and O–H groups in total. The van der Waals surface area contributed by atoms with Crippen molar-refractivity contribution in [1.29, 1.82) is 0 Å². The van der Waals surface area contributed by atoms with Gasteiger partial charge in [0.25, 0.3) is 0 Å². The SMILES string of the molecule is CCOc1ccc(-c2cc(C(=O)O)no2)c(F)c1F. The standard InChI is InChI=1S/C12H9F2NO4/c1-2-18-8-4-3-6(10(13)11(8)14)9-5-7(12(16)17)15-19-9/h3-5H,2H2,1H3,(H,16,17). The second kappa shape index (κ2) is 5.05. The van der Waals surface area contributed by atoms with Gasteiger partial charge in [0, 0.05) is 6.07 Å². The highest BCUT2D eigenvalue weighted by atomic mass is 19.2. The third-order valence-electron chi connectivity index (χ3n) is 2.34. The fourth-order valence-electron chi connectivity index (χ4n) is 1.49. The monoisotopic (exact) mass is 269 g/mol. The van der Waals surface area contributed by atoms with Crippen LogP contribution in [0.15, 0.2) is 22.7 Å². The molecular formula is C12H9F2NO4. The van der Waals surface area contributed by atoms with Gasteiger partial charge in [-0.1, -0.05) is 5.16 Å². The largest absolute Gasteiger partial charge is 0.491 e. The van der Waals surface area contributed by atoms with E-state index in [2.05, 4.69) is 9.68 Å². The molecule has 7 heteroatoms. The molecule has 5 nitrogen and oxygen atoms in total. The number of aromatic nitrogens is 1. The molecule has 0 saturated carbocycles. The summed E-state index contributed by atoms with van der Waals surface area (Å²) in [6.07, 6.45) is 0. The first-order valence-corrected chi connectivity index (χ1v) is 5.35. The number of ether oxygens (including phenoxy) is 1. The summed E-state index contributed by atoms with van der Waals surface area (Å²) in [5.74, 6) is -4.05. The minimum absolute atomic E-state index is 0.170. The summed E-state index contributed by atoms with van der Waals surface area (Å²) in [4.78, 5) is 10.6. The number of carboxylic acid groups (broad SMARTS) is 1. The topological polar surface area (TPSA) is 72.6 Å². The molecule has 0 spiro atoms. The molecule has 0 aliphatic heterocycles. The molecule has 0 radical (unpaired) electrons. The summed E-state index contributed by atoms with van der Waals surface area (Å²) in [5, 5.41) is 11.9. The molecule has 100 valence electrons. The quantitative estimate of drug-likeness (QED) is 0.923. The average Bonchev–Trinajstić information content (AvgIpc) is 2.85. The van der Waals surface area contributed by atoms with Gasteiger partial charge in [-0.2, -0.15) is 4.39 Å². The first-order valence-electron chi connectivity index (χ1n) is 5.35. The van der Waals surface area contributed by atoms with Crippen molar-refractivity contribution in [2.75, 3.05) is 6.61 Å². The van der Waals surface area contributed by atoms with Crippen LogP contribution < -0.4 is 4.74 Å². The van der Waals surface area contributed by atoms with E-state index in [9.17, 15) is 13.6 Å². The number of carbonyl (C=O) groups is 1. The van der Waals surface area contributed by atoms with Crippen LogP contribution in [0.25, 0.3) is 11.3 Å². The van der Waals surface area contributed by atoms with Gasteiger partial charge in [0.15, 0.2) is 23.0 Å². The first kappa shape index (κ1) is 13.0. The highest BCUT2D eigenvalue weighted by molar-refractivity contribution is 5.86. The van der Waals surface area contributed by atoms with Crippen LogP contribution in [0.5, 0.6) is 5.75 Å². The summed E-state index contributed by atoms with van der Waals surface area (Å²) < 4.78 is 37.0. The van der Waals surface area contributed by atoms with E-state index in [1.165, 1.54) is 12.1 Å². The van der Waals surface area contributed by atoms with E-state index in [-0.39, 0.29) is 29.4 Å². The van der Waals surface area contributed by atoms with E-state index in [1.807, 2.05) is 0 Å². The number of carboxylic acids is 1. The summed E-state index contributed by atoms with van der Waals surface area (Å²) in [5.41, 5.74) is -0.607. The fraction of sp³-hybridized carbons (Fsp3) is 0.167. The Hall–Kier alpha value is -2.44. The fourth-order valence-corrected chi connectivity index (χ4v) is 1.49. The molecule has 0 unspecified atom stereocenters. The first-order chi connectivity index (χ1) is 9.04. The van der Waals surface area contributed by atoms with Crippen molar-refractivity contribution in [3.63, 3.8) is 0 Å². The highest BCUT2D eigenvalue weighted by Crippen LogP contribution is 2.30. The van der Waals surface area contributed by atoms with Gasteiger partial charge >= 0.3 is 5.97 Å². The average molecular weight is 269 g/mol. The van der Waals surface area contributed by atoms with Gasteiger partial charge in [-0.05, 0) is 19.1 Å². The second-order valence-corrected chi connectivity index (χ2v) is 3.55. The Bertz CT molecular complexity index is 624. The smallest absolute Gasteiger partial charge is 0.358 e. The summed E-state index contributed by atoms with van der Waals surface area (Å²) in [6, 6.07) is 3.48. The third kappa shape index (κ3) is 2.40. The van der Waals surface area contributed by atoms with Crippen LogP contribution >= 0.6 is 0 Å². The lowest BCUT2D eigenvalue weighted by molar-refractivity contribution is 0.0686. The Morgan fingerprint density at radius 3 is 2.74 bits per heavy atom. The van der Waals surface area contributed by atoms with Crippen LogP contribution in [0.2, 0.25) is 0 Å². The van der Waals surface area contributed by atoms with Gasteiger partial charge in [-0.25, -0.2) is 9.18 Å². The number of benzene rings is 1. The Labute approximate surface area is 106 Å². The Morgan fingerprint density at radius 2 is 2.16 bits per heavy atom. The molecule has 1 heterocycles. The molecule has 1 aromatic heterocycles. The lowest BCUT2D eigenvalue weighted by atomic mass is 10.1. The molecule has 0 bridgehead atoms. The van der Waals surface area contributed by atoms with Crippen molar-refractivity contribution >= 4 is 5.97 Å². The van der Waals surface area contributed by atoms with Gasteiger partial charge in [-0.3, -0.25) is 0 Å². The van der Waals surface area contributed by atoms with E-state index in [0.717, 1.165) is 6.07 Å². The van der Waals surface area contributed by atoms with Crippen molar-refractivity contribution in [3.8, 4) is 17.1 Å². The van der Waals surface area contributed by atoms with Gasteiger partial charge < -0.3 is 14.4 Å². The predicted molar refractivity (Wildman–Crippen MR) is 60.0 cm³/mol. The third-order valence-corrected chi connectivity index (χ3v) is 2.34. The van der Waals surface area contributed by atoms with Crippen LogP contribution in [-0.2, 0) is 0 Å². The Balaban J connectivity index is 2.45. The van der Waals surface area contributed by atoms with E-state index in [4.69, 9.17) is 9.84 Å². The molecule has 0 atom stereocenters. The molecule has 2 aromatic rings. The van der Waals surface area contributed by atoms with Crippen molar-refractivity contribution in [2.45, 2.75) is 6.92 Å². The maximum absolute atomic E-state index is 13.8. The van der Waals surface area contributed by atoms with E-state index >= 15 is 0 Å². The summed E-state index contributed by atoms with van der Waals surface area (Å²) in [7, 11) is 0. The molecular weight excluding hydrogens is 260 g/mol.